The maximum absolute atomic E-state index is 12.6. The van der Waals surface area contributed by atoms with Crippen LogP contribution in [0.5, 0.6) is 0 Å². The van der Waals surface area contributed by atoms with Crippen LogP contribution >= 0.6 is 12.4 Å². The minimum atomic E-state index is -4.32. The lowest BCUT2D eigenvalue weighted by atomic mass is 9.96. The summed E-state index contributed by atoms with van der Waals surface area (Å²) >= 11 is 0. The van der Waals surface area contributed by atoms with Crippen molar-refractivity contribution in [2.45, 2.75) is 31.9 Å². The van der Waals surface area contributed by atoms with Gasteiger partial charge in [0.25, 0.3) is 0 Å². The number of likely N-dealkylation sites (tertiary alicyclic amines) is 1. The summed E-state index contributed by atoms with van der Waals surface area (Å²) < 4.78 is 37.7. The van der Waals surface area contributed by atoms with Gasteiger partial charge in [0, 0.05) is 19.5 Å². The number of benzene rings is 1. The fourth-order valence-corrected chi connectivity index (χ4v) is 3.02. The molecule has 1 aliphatic heterocycles. The summed E-state index contributed by atoms with van der Waals surface area (Å²) in [7, 11) is 1.90. The van der Waals surface area contributed by atoms with Crippen molar-refractivity contribution in [3.8, 4) is 0 Å². The van der Waals surface area contributed by atoms with E-state index in [0.29, 0.717) is 12.3 Å². The Hall–Kier alpha value is -1.27. The fourth-order valence-electron chi connectivity index (χ4n) is 3.02. The van der Waals surface area contributed by atoms with E-state index in [2.05, 4.69) is 5.32 Å². The zero-order chi connectivity index (χ0) is 17.0. The lowest BCUT2D eigenvalue weighted by molar-refractivity contribution is -0.137. The van der Waals surface area contributed by atoms with E-state index in [4.69, 9.17) is 0 Å². The average Bonchev–Trinajstić information content (AvgIpc) is 2.95. The number of hydrogen-bond acceptors (Lipinski definition) is 2. The molecule has 1 saturated heterocycles. The number of nitrogens with one attached hydrogen (secondary N) is 1. The standard InChI is InChI=1S/C17H23F3N2O.ClH/c1-12(14-3-5-15(6-4-14)17(18,19)20)9-16(23)22-8-7-13(11-22)10-21-2;/h3-6,12-13,21H,7-11H2,1-2H3;1H. The minimum Gasteiger partial charge on any atom is -0.342 e. The van der Waals surface area contributed by atoms with Crippen LogP contribution in [0.4, 0.5) is 13.2 Å². The van der Waals surface area contributed by atoms with Gasteiger partial charge in [-0.15, -0.1) is 12.4 Å². The van der Waals surface area contributed by atoms with Crippen molar-refractivity contribution in [3.63, 3.8) is 0 Å². The van der Waals surface area contributed by atoms with Gasteiger partial charge in [0.2, 0.25) is 5.91 Å². The predicted molar refractivity (Wildman–Crippen MR) is 90.3 cm³/mol. The molecule has 1 heterocycles. The molecular weight excluding hydrogens is 341 g/mol. The lowest BCUT2D eigenvalue weighted by Crippen LogP contribution is -2.31. The molecule has 0 saturated carbocycles. The molecule has 7 heteroatoms. The zero-order valence-electron chi connectivity index (χ0n) is 13.9. The minimum absolute atomic E-state index is 0. The maximum atomic E-state index is 12.6. The van der Waals surface area contributed by atoms with Crippen LogP contribution in [0.1, 0.15) is 36.8 Å². The number of rotatable bonds is 5. The molecule has 2 rings (SSSR count). The molecule has 2 atom stereocenters. The molecule has 1 N–H and O–H groups in total. The second kappa shape index (κ2) is 8.72. The molecule has 1 amide bonds. The van der Waals surface area contributed by atoms with Crippen LogP contribution < -0.4 is 5.32 Å². The molecule has 0 spiro atoms. The van der Waals surface area contributed by atoms with Crippen LogP contribution in [0.15, 0.2) is 24.3 Å². The SMILES string of the molecule is CNCC1CCN(C(=O)CC(C)c2ccc(C(F)(F)F)cc2)C1.Cl. The van der Waals surface area contributed by atoms with Crippen molar-refractivity contribution >= 4 is 18.3 Å². The van der Waals surface area contributed by atoms with Crippen molar-refractivity contribution in [1.82, 2.24) is 10.2 Å². The summed E-state index contributed by atoms with van der Waals surface area (Å²) in [5.74, 6) is 0.481. The molecule has 3 nitrogen and oxygen atoms in total. The lowest BCUT2D eigenvalue weighted by Gasteiger charge is -2.20. The largest absolute Gasteiger partial charge is 0.416 e. The van der Waals surface area contributed by atoms with Crippen LogP contribution in [0.25, 0.3) is 0 Å². The summed E-state index contributed by atoms with van der Waals surface area (Å²) in [6.45, 7) is 4.31. The summed E-state index contributed by atoms with van der Waals surface area (Å²) in [5, 5.41) is 3.12. The van der Waals surface area contributed by atoms with Crippen LogP contribution in [0.3, 0.4) is 0 Å². The highest BCUT2D eigenvalue weighted by Gasteiger charge is 2.30. The summed E-state index contributed by atoms with van der Waals surface area (Å²) in [6, 6.07) is 5.09. The summed E-state index contributed by atoms with van der Waals surface area (Å²) in [5.41, 5.74) is 0.103. The molecule has 1 fully saturated rings. The van der Waals surface area contributed by atoms with Gasteiger partial charge < -0.3 is 10.2 Å². The van der Waals surface area contributed by atoms with Gasteiger partial charge in [0.1, 0.15) is 0 Å². The molecule has 2 unspecified atom stereocenters. The first-order valence-electron chi connectivity index (χ1n) is 7.90. The maximum Gasteiger partial charge on any atom is 0.416 e. The molecular formula is C17H24ClF3N2O. The third-order valence-electron chi connectivity index (χ3n) is 4.42. The molecule has 136 valence electrons. The van der Waals surface area contributed by atoms with Crippen LogP contribution in [-0.2, 0) is 11.0 Å². The number of nitrogens with zero attached hydrogens (tertiary/aromatic N) is 1. The molecule has 1 aliphatic rings. The number of amides is 1. The Morgan fingerprint density at radius 3 is 2.50 bits per heavy atom. The molecule has 0 radical (unpaired) electrons. The Balaban J connectivity index is 0.00000288. The van der Waals surface area contributed by atoms with Gasteiger partial charge in [0.15, 0.2) is 0 Å². The van der Waals surface area contributed by atoms with Gasteiger partial charge in [-0.2, -0.15) is 13.2 Å². The summed E-state index contributed by atoms with van der Waals surface area (Å²) in [4.78, 5) is 14.2. The normalized spacial score (nSPS) is 19.0. The monoisotopic (exact) mass is 364 g/mol. The topological polar surface area (TPSA) is 32.3 Å². The van der Waals surface area contributed by atoms with Gasteiger partial charge in [0.05, 0.1) is 5.56 Å². The second-order valence-corrected chi connectivity index (χ2v) is 6.28. The van der Waals surface area contributed by atoms with E-state index in [0.717, 1.165) is 43.8 Å². The van der Waals surface area contributed by atoms with E-state index >= 15 is 0 Å². The highest BCUT2D eigenvalue weighted by Crippen LogP contribution is 2.31. The Labute approximate surface area is 147 Å². The Morgan fingerprint density at radius 1 is 1.33 bits per heavy atom. The first-order valence-corrected chi connectivity index (χ1v) is 7.90. The van der Waals surface area contributed by atoms with E-state index in [1.165, 1.54) is 12.1 Å². The zero-order valence-corrected chi connectivity index (χ0v) is 14.7. The van der Waals surface area contributed by atoms with E-state index in [9.17, 15) is 18.0 Å². The van der Waals surface area contributed by atoms with Crippen molar-refractivity contribution in [3.05, 3.63) is 35.4 Å². The quantitative estimate of drug-likeness (QED) is 0.864. The first kappa shape index (κ1) is 20.8. The van der Waals surface area contributed by atoms with E-state index in [1.807, 2.05) is 18.9 Å². The van der Waals surface area contributed by atoms with Crippen LogP contribution in [0, 0.1) is 5.92 Å². The fraction of sp³-hybridized carbons (Fsp3) is 0.588. The number of hydrogen-bond donors (Lipinski definition) is 1. The summed E-state index contributed by atoms with van der Waals surface area (Å²) in [6.07, 6.45) is -2.99. The van der Waals surface area contributed by atoms with Gasteiger partial charge >= 0.3 is 6.18 Å². The van der Waals surface area contributed by atoms with Crippen molar-refractivity contribution in [2.75, 3.05) is 26.7 Å². The number of halogens is 4. The van der Waals surface area contributed by atoms with E-state index in [1.54, 1.807) is 0 Å². The molecule has 1 aromatic rings. The van der Waals surface area contributed by atoms with E-state index < -0.39 is 11.7 Å². The Kier molecular flexibility index (Phi) is 7.55. The van der Waals surface area contributed by atoms with Crippen LogP contribution in [-0.4, -0.2) is 37.5 Å². The van der Waals surface area contributed by atoms with Crippen molar-refractivity contribution < 1.29 is 18.0 Å². The number of carbonyl (C=O) groups excluding carboxylic acids is 1. The predicted octanol–water partition coefficient (Wildman–Crippen LogP) is 3.69. The molecule has 24 heavy (non-hydrogen) atoms. The van der Waals surface area contributed by atoms with Crippen molar-refractivity contribution in [2.24, 2.45) is 5.92 Å². The average molecular weight is 365 g/mol. The van der Waals surface area contributed by atoms with E-state index in [-0.39, 0.29) is 24.2 Å². The Morgan fingerprint density at radius 2 is 1.96 bits per heavy atom. The number of carbonyl (C=O) groups is 1. The molecule has 0 bridgehead atoms. The second-order valence-electron chi connectivity index (χ2n) is 6.28. The molecule has 1 aromatic carbocycles. The Bertz CT molecular complexity index is 534. The van der Waals surface area contributed by atoms with Crippen LogP contribution in [0.2, 0.25) is 0 Å². The van der Waals surface area contributed by atoms with Gasteiger partial charge in [-0.25, -0.2) is 0 Å². The number of alkyl halides is 3. The third-order valence-corrected chi connectivity index (χ3v) is 4.42. The third kappa shape index (κ3) is 5.38. The van der Waals surface area contributed by atoms with Gasteiger partial charge in [-0.1, -0.05) is 19.1 Å². The molecule has 0 aliphatic carbocycles. The van der Waals surface area contributed by atoms with Crippen molar-refractivity contribution in [1.29, 1.82) is 0 Å². The smallest absolute Gasteiger partial charge is 0.342 e. The van der Waals surface area contributed by atoms with Gasteiger partial charge in [-0.3, -0.25) is 4.79 Å². The van der Waals surface area contributed by atoms with Gasteiger partial charge in [-0.05, 0) is 49.5 Å². The highest BCUT2D eigenvalue weighted by atomic mass is 35.5. The first-order chi connectivity index (χ1) is 10.8. The molecule has 0 aromatic heterocycles. The highest BCUT2D eigenvalue weighted by molar-refractivity contribution is 5.85.